The van der Waals surface area contributed by atoms with Gasteiger partial charge in [0.2, 0.25) is 0 Å². The first kappa shape index (κ1) is 20.0. The molecule has 0 fully saturated rings. The number of Topliss-reactive ketones (excluding diaryl/α,β-unsaturated/α-hetero) is 1. The van der Waals surface area contributed by atoms with Gasteiger partial charge in [0.25, 0.3) is 0 Å². The summed E-state index contributed by atoms with van der Waals surface area (Å²) in [7, 11) is 0. The molecule has 0 amide bonds. The zero-order valence-corrected chi connectivity index (χ0v) is 17.2. The first-order valence-electron chi connectivity index (χ1n) is 8.99. The lowest BCUT2D eigenvalue weighted by atomic mass is 9.99. The Morgan fingerprint density at radius 3 is 2.61 bits per heavy atom. The number of hydrogen-bond acceptors (Lipinski definition) is 5. The van der Waals surface area contributed by atoms with Crippen LogP contribution < -0.4 is 0 Å². The molecule has 0 unspecified atom stereocenters. The van der Waals surface area contributed by atoms with E-state index in [1.807, 2.05) is 49.4 Å². The molecular weight excluding hydrogens is 422 g/mol. The number of fused-ring (bicyclic) bond motifs is 1. The van der Waals surface area contributed by atoms with Gasteiger partial charge >= 0.3 is 5.97 Å². The Kier molecular flexibility index (Phi) is 6.09. The average Bonchev–Trinajstić information content (AvgIpc) is 2.69. The molecule has 144 valence electrons. The first-order chi connectivity index (χ1) is 13.4. The number of aryl methyl sites for hydroxylation is 1. The molecule has 0 bridgehead atoms. The van der Waals surface area contributed by atoms with Gasteiger partial charge in [-0.2, -0.15) is 0 Å². The number of aromatic hydroxyl groups is 1. The van der Waals surface area contributed by atoms with Crippen LogP contribution in [-0.2, 0) is 9.53 Å². The zero-order valence-electron chi connectivity index (χ0n) is 15.7. The molecule has 5 nitrogen and oxygen atoms in total. The van der Waals surface area contributed by atoms with E-state index in [2.05, 4.69) is 20.9 Å². The number of aromatic nitrogens is 1. The summed E-state index contributed by atoms with van der Waals surface area (Å²) in [6, 6.07) is 13.7. The molecule has 0 saturated heterocycles. The lowest BCUT2D eigenvalue weighted by Gasteiger charge is -2.11. The number of halogens is 1. The van der Waals surface area contributed by atoms with Crippen molar-refractivity contribution in [2.24, 2.45) is 0 Å². The second kappa shape index (κ2) is 8.52. The minimum absolute atomic E-state index is 0.0489. The monoisotopic (exact) mass is 441 g/mol. The molecule has 3 rings (SSSR count). The van der Waals surface area contributed by atoms with Crippen LogP contribution in [0.3, 0.4) is 0 Å². The standard InChI is InChI=1S/C22H20BrNO4/c1-3-28-19(26)11-10-18(25)21-22(27)20(23)16-9-8-14(12-17(16)24-21)15-7-5-4-6-13(15)2/h4-9,12,27H,3,10-11H2,1-2H3. The molecule has 0 radical (unpaired) electrons. The van der Waals surface area contributed by atoms with E-state index in [9.17, 15) is 14.7 Å². The van der Waals surface area contributed by atoms with E-state index < -0.39 is 11.8 Å². The Morgan fingerprint density at radius 1 is 1.14 bits per heavy atom. The molecule has 1 N–H and O–H groups in total. The van der Waals surface area contributed by atoms with E-state index in [-0.39, 0.29) is 30.9 Å². The number of carbonyl (C=O) groups excluding carboxylic acids is 2. The van der Waals surface area contributed by atoms with Crippen LogP contribution in [0, 0.1) is 6.92 Å². The summed E-state index contributed by atoms with van der Waals surface area (Å²) < 4.78 is 5.26. The van der Waals surface area contributed by atoms with Crippen LogP contribution in [0.15, 0.2) is 46.9 Å². The van der Waals surface area contributed by atoms with Gasteiger partial charge < -0.3 is 9.84 Å². The number of nitrogens with zero attached hydrogens (tertiary/aromatic N) is 1. The maximum atomic E-state index is 12.5. The van der Waals surface area contributed by atoms with Crippen LogP contribution in [-0.4, -0.2) is 28.4 Å². The van der Waals surface area contributed by atoms with Gasteiger partial charge in [0.05, 0.1) is 23.0 Å². The summed E-state index contributed by atoms with van der Waals surface area (Å²) in [6.45, 7) is 4.00. The molecule has 0 aliphatic carbocycles. The van der Waals surface area contributed by atoms with E-state index in [0.717, 1.165) is 16.7 Å². The Balaban J connectivity index is 2.00. The van der Waals surface area contributed by atoms with Gasteiger partial charge in [-0.1, -0.05) is 36.4 Å². The number of carbonyl (C=O) groups is 2. The first-order valence-corrected chi connectivity index (χ1v) is 9.78. The highest BCUT2D eigenvalue weighted by atomic mass is 79.9. The third kappa shape index (κ3) is 4.07. The molecular formula is C22H20BrNO4. The maximum Gasteiger partial charge on any atom is 0.306 e. The predicted octanol–water partition coefficient (Wildman–Crippen LogP) is 5.20. The highest BCUT2D eigenvalue weighted by molar-refractivity contribution is 9.10. The summed E-state index contributed by atoms with van der Waals surface area (Å²) in [5.41, 5.74) is 3.71. The largest absolute Gasteiger partial charge is 0.504 e. The van der Waals surface area contributed by atoms with E-state index in [4.69, 9.17) is 4.74 Å². The number of esters is 1. The van der Waals surface area contributed by atoms with Crippen molar-refractivity contribution in [1.82, 2.24) is 4.98 Å². The van der Waals surface area contributed by atoms with Gasteiger partial charge in [-0.3, -0.25) is 9.59 Å². The van der Waals surface area contributed by atoms with Gasteiger partial charge in [-0.05, 0) is 52.5 Å². The third-order valence-electron chi connectivity index (χ3n) is 4.48. The van der Waals surface area contributed by atoms with Crippen molar-refractivity contribution in [2.45, 2.75) is 26.7 Å². The van der Waals surface area contributed by atoms with Crippen LogP contribution in [0.4, 0.5) is 0 Å². The summed E-state index contributed by atoms with van der Waals surface area (Å²) >= 11 is 3.37. The summed E-state index contributed by atoms with van der Waals surface area (Å²) in [4.78, 5) is 28.4. The molecule has 0 atom stereocenters. The van der Waals surface area contributed by atoms with Crippen molar-refractivity contribution in [2.75, 3.05) is 6.61 Å². The highest BCUT2D eigenvalue weighted by Crippen LogP contribution is 2.36. The average molecular weight is 442 g/mol. The molecule has 0 aliphatic heterocycles. The van der Waals surface area contributed by atoms with Gasteiger partial charge in [-0.25, -0.2) is 4.98 Å². The van der Waals surface area contributed by atoms with Crippen LogP contribution in [0.1, 0.15) is 35.8 Å². The van der Waals surface area contributed by atoms with Gasteiger partial charge in [0.15, 0.2) is 11.5 Å². The molecule has 1 aromatic heterocycles. The van der Waals surface area contributed by atoms with Crippen molar-refractivity contribution < 1.29 is 19.4 Å². The second-order valence-corrected chi connectivity index (χ2v) is 7.19. The zero-order chi connectivity index (χ0) is 20.3. The van der Waals surface area contributed by atoms with Gasteiger partial charge in [-0.15, -0.1) is 0 Å². The Labute approximate surface area is 171 Å². The fourth-order valence-electron chi connectivity index (χ4n) is 3.04. The van der Waals surface area contributed by atoms with Crippen LogP contribution in [0.5, 0.6) is 5.75 Å². The summed E-state index contributed by atoms with van der Waals surface area (Å²) in [5, 5.41) is 11.1. The summed E-state index contributed by atoms with van der Waals surface area (Å²) in [6.07, 6.45) is -0.123. The normalized spacial score (nSPS) is 10.8. The van der Waals surface area contributed by atoms with Crippen LogP contribution in [0.25, 0.3) is 22.0 Å². The minimum Gasteiger partial charge on any atom is -0.504 e. The van der Waals surface area contributed by atoms with E-state index in [1.165, 1.54) is 0 Å². The van der Waals surface area contributed by atoms with Crippen LogP contribution in [0.2, 0.25) is 0 Å². The Bertz CT molecular complexity index is 1060. The van der Waals surface area contributed by atoms with Gasteiger partial charge in [0.1, 0.15) is 5.69 Å². The van der Waals surface area contributed by atoms with Crippen molar-refractivity contribution >= 4 is 38.6 Å². The highest BCUT2D eigenvalue weighted by Gasteiger charge is 2.20. The summed E-state index contributed by atoms with van der Waals surface area (Å²) in [5.74, 6) is -1.07. The van der Waals surface area contributed by atoms with Crippen molar-refractivity contribution in [3.63, 3.8) is 0 Å². The Morgan fingerprint density at radius 2 is 1.89 bits per heavy atom. The predicted molar refractivity (Wildman–Crippen MR) is 111 cm³/mol. The topological polar surface area (TPSA) is 76.5 Å². The van der Waals surface area contributed by atoms with Gasteiger partial charge in [0, 0.05) is 11.8 Å². The van der Waals surface area contributed by atoms with Crippen LogP contribution >= 0.6 is 15.9 Å². The van der Waals surface area contributed by atoms with Crippen molar-refractivity contribution in [3.05, 3.63) is 58.2 Å². The quantitative estimate of drug-likeness (QED) is 0.419. The van der Waals surface area contributed by atoms with E-state index in [1.54, 1.807) is 6.92 Å². The number of hydrogen-bond donors (Lipinski definition) is 1. The lowest BCUT2D eigenvalue weighted by molar-refractivity contribution is -0.143. The van der Waals surface area contributed by atoms with E-state index >= 15 is 0 Å². The fourth-order valence-corrected chi connectivity index (χ4v) is 3.56. The Hall–Kier alpha value is -2.73. The number of benzene rings is 2. The number of rotatable bonds is 6. The molecule has 2 aromatic carbocycles. The molecule has 0 spiro atoms. The smallest absolute Gasteiger partial charge is 0.306 e. The number of ether oxygens (including phenoxy) is 1. The number of ketones is 1. The SMILES string of the molecule is CCOC(=O)CCC(=O)c1nc2cc(-c3ccccc3C)ccc2c(Br)c1O. The second-order valence-electron chi connectivity index (χ2n) is 6.40. The maximum absolute atomic E-state index is 12.5. The third-order valence-corrected chi connectivity index (χ3v) is 5.28. The van der Waals surface area contributed by atoms with E-state index in [0.29, 0.717) is 15.4 Å². The van der Waals surface area contributed by atoms with Crippen molar-refractivity contribution in [1.29, 1.82) is 0 Å². The lowest BCUT2D eigenvalue weighted by Crippen LogP contribution is -2.09. The minimum atomic E-state index is -0.447. The molecule has 0 saturated carbocycles. The number of pyridine rings is 1. The molecule has 1 heterocycles. The molecule has 3 aromatic rings. The molecule has 28 heavy (non-hydrogen) atoms. The fraction of sp³-hybridized carbons (Fsp3) is 0.227. The molecule has 6 heteroatoms. The van der Waals surface area contributed by atoms with Crippen molar-refractivity contribution in [3.8, 4) is 16.9 Å². The molecule has 0 aliphatic rings.